The molecule has 1 aromatic carbocycles. The summed E-state index contributed by atoms with van der Waals surface area (Å²) in [5, 5.41) is 6.47. The molecule has 2 rings (SSSR count). The molecule has 0 fully saturated rings. The van der Waals surface area contributed by atoms with Crippen LogP contribution in [0.4, 0.5) is 17.3 Å². The minimum atomic E-state index is 0.731. The van der Waals surface area contributed by atoms with Crippen LogP contribution in [0, 0.1) is 6.92 Å². The van der Waals surface area contributed by atoms with Crippen LogP contribution >= 0.6 is 31.9 Å². The molecule has 0 aliphatic carbocycles. The monoisotopic (exact) mass is 384 g/mol. The van der Waals surface area contributed by atoms with Crippen molar-refractivity contribution < 1.29 is 0 Å². The summed E-state index contributed by atoms with van der Waals surface area (Å²) in [4.78, 5) is 8.70. The third-order valence-corrected chi connectivity index (χ3v) is 3.54. The van der Waals surface area contributed by atoms with Crippen molar-refractivity contribution in [1.29, 1.82) is 0 Å². The van der Waals surface area contributed by atoms with Crippen LogP contribution < -0.4 is 10.6 Å². The van der Waals surface area contributed by atoms with E-state index in [1.165, 1.54) is 0 Å². The molecule has 6 heteroatoms. The molecule has 2 N–H and O–H groups in total. The Morgan fingerprint density at radius 2 is 1.84 bits per heavy atom. The van der Waals surface area contributed by atoms with Crippen LogP contribution in [0.5, 0.6) is 0 Å². The van der Waals surface area contributed by atoms with Crippen LogP contribution in [0.2, 0.25) is 0 Å². The van der Waals surface area contributed by atoms with E-state index in [0.717, 1.165) is 38.6 Å². The molecular weight excluding hydrogens is 372 g/mol. The Hall–Kier alpha value is -1.14. The molecule has 19 heavy (non-hydrogen) atoms. The number of anilines is 3. The van der Waals surface area contributed by atoms with Crippen molar-refractivity contribution in [2.24, 2.45) is 0 Å². The lowest BCUT2D eigenvalue weighted by Crippen LogP contribution is -2.04. The van der Waals surface area contributed by atoms with E-state index < -0.39 is 0 Å². The molecule has 4 nitrogen and oxygen atoms in total. The van der Waals surface area contributed by atoms with Gasteiger partial charge in [0.1, 0.15) is 17.5 Å². The van der Waals surface area contributed by atoms with Crippen molar-refractivity contribution in [3.05, 3.63) is 39.0 Å². The predicted octanol–water partition coefficient (Wildman–Crippen LogP) is 4.49. The van der Waals surface area contributed by atoms with Crippen molar-refractivity contribution in [2.75, 3.05) is 17.2 Å². The molecule has 0 atom stereocenters. The van der Waals surface area contributed by atoms with Gasteiger partial charge in [0.25, 0.3) is 0 Å². The maximum absolute atomic E-state index is 4.38. The number of aryl methyl sites for hydroxylation is 1. The Bertz CT molecular complexity index is 587. The minimum Gasteiger partial charge on any atom is -0.370 e. The van der Waals surface area contributed by atoms with Crippen molar-refractivity contribution in [3.8, 4) is 0 Å². The number of halogens is 2. The molecule has 2 aromatic rings. The molecule has 100 valence electrons. The summed E-state index contributed by atoms with van der Waals surface area (Å²) in [6.07, 6.45) is 0. The minimum absolute atomic E-state index is 0.731. The van der Waals surface area contributed by atoms with E-state index in [1.807, 2.05) is 38.1 Å². The van der Waals surface area contributed by atoms with Crippen LogP contribution in [0.3, 0.4) is 0 Å². The topological polar surface area (TPSA) is 49.8 Å². The largest absolute Gasteiger partial charge is 0.370 e. The number of benzene rings is 1. The summed E-state index contributed by atoms with van der Waals surface area (Å²) in [5.74, 6) is 2.33. The second kappa shape index (κ2) is 6.34. The predicted molar refractivity (Wildman–Crippen MR) is 86.1 cm³/mol. The first-order valence-corrected chi connectivity index (χ1v) is 7.48. The van der Waals surface area contributed by atoms with Gasteiger partial charge in [-0.2, -0.15) is 0 Å². The lowest BCUT2D eigenvalue weighted by Gasteiger charge is -2.10. The Labute approximate surface area is 129 Å². The molecule has 0 saturated carbocycles. The highest BCUT2D eigenvalue weighted by Gasteiger charge is 2.05. The highest BCUT2D eigenvalue weighted by molar-refractivity contribution is 9.11. The van der Waals surface area contributed by atoms with Gasteiger partial charge in [-0.25, -0.2) is 9.97 Å². The van der Waals surface area contributed by atoms with Gasteiger partial charge in [0.15, 0.2) is 0 Å². The summed E-state index contributed by atoms with van der Waals surface area (Å²) in [6, 6.07) is 7.84. The first-order valence-electron chi connectivity index (χ1n) is 5.90. The lowest BCUT2D eigenvalue weighted by atomic mass is 10.3. The number of nitrogens with zero attached hydrogens (tertiary/aromatic N) is 2. The molecule has 0 spiro atoms. The summed E-state index contributed by atoms with van der Waals surface area (Å²) < 4.78 is 2.00. The third-order valence-electron chi connectivity index (χ3n) is 2.39. The number of rotatable bonds is 4. The Morgan fingerprint density at radius 1 is 1.11 bits per heavy atom. The van der Waals surface area contributed by atoms with Gasteiger partial charge in [-0.3, -0.25) is 0 Å². The standard InChI is InChI=1S/C13H14Br2N4/c1-3-16-12-7-13(18-8(2)17-12)19-11-5-4-9(14)6-10(11)15/h4-7H,3H2,1-2H3,(H2,16,17,18,19). The van der Waals surface area contributed by atoms with Gasteiger partial charge in [-0.05, 0) is 48.0 Å². The van der Waals surface area contributed by atoms with Crippen molar-refractivity contribution >= 4 is 49.2 Å². The normalized spacial score (nSPS) is 10.3. The van der Waals surface area contributed by atoms with E-state index in [0.29, 0.717) is 0 Å². The molecule has 0 bridgehead atoms. The fourth-order valence-electron chi connectivity index (χ4n) is 1.63. The Kier molecular flexibility index (Phi) is 4.76. The van der Waals surface area contributed by atoms with Gasteiger partial charge in [0.05, 0.1) is 5.69 Å². The van der Waals surface area contributed by atoms with Gasteiger partial charge < -0.3 is 10.6 Å². The number of nitrogens with one attached hydrogen (secondary N) is 2. The highest BCUT2D eigenvalue weighted by Crippen LogP contribution is 2.28. The molecule has 0 aliphatic heterocycles. The molecular formula is C13H14Br2N4. The Balaban J connectivity index is 2.27. The van der Waals surface area contributed by atoms with Crippen molar-refractivity contribution in [2.45, 2.75) is 13.8 Å². The zero-order chi connectivity index (χ0) is 13.8. The second-order valence-electron chi connectivity index (χ2n) is 3.97. The number of aromatic nitrogens is 2. The Morgan fingerprint density at radius 3 is 2.53 bits per heavy atom. The molecule has 0 amide bonds. The lowest BCUT2D eigenvalue weighted by molar-refractivity contribution is 1.04. The fraction of sp³-hybridized carbons (Fsp3) is 0.231. The van der Waals surface area contributed by atoms with Gasteiger partial charge >= 0.3 is 0 Å². The van der Waals surface area contributed by atoms with E-state index in [2.05, 4.69) is 52.5 Å². The number of hydrogen-bond donors (Lipinski definition) is 2. The van der Waals surface area contributed by atoms with Crippen LogP contribution in [0.15, 0.2) is 33.2 Å². The van der Waals surface area contributed by atoms with E-state index in [4.69, 9.17) is 0 Å². The average molecular weight is 386 g/mol. The van der Waals surface area contributed by atoms with Crippen LogP contribution in [-0.2, 0) is 0 Å². The van der Waals surface area contributed by atoms with Crippen LogP contribution in [0.25, 0.3) is 0 Å². The fourth-order valence-corrected chi connectivity index (χ4v) is 2.78. The molecule has 0 aliphatic rings. The van der Waals surface area contributed by atoms with Gasteiger partial charge in [0.2, 0.25) is 0 Å². The second-order valence-corrected chi connectivity index (χ2v) is 5.74. The van der Waals surface area contributed by atoms with Gasteiger partial charge in [0, 0.05) is 21.6 Å². The van der Waals surface area contributed by atoms with E-state index >= 15 is 0 Å². The molecule has 0 saturated heterocycles. The average Bonchev–Trinajstić information content (AvgIpc) is 2.32. The molecule has 1 heterocycles. The smallest absolute Gasteiger partial charge is 0.136 e. The molecule has 0 unspecified atom stereocenters. The van der Waals surface area contributed by atoms with E-state index in [-0.39, 0.29) is 0 Å². The number of hydrogen-bond acceptors (Lipinski definition) is 4. The summed E-state index contributed by atoms with van der Waals surface area (Å²) in [6.45, 7) is 4.75. The van der Waals surface area contributed by atoms with Crippen molar-refractivity contribution in [1.82, 2.24) is 9.97 Å². The zero-order valence-corrected chi connectivity index (χ0v) is 13.8. The quantitative estimate of drug-likeness (QED) is 0.814. The van der Waals surface area contributed by atoms with Gasteiger partial charge in [-0.1, -0.05) is 15.9 Å². The van der Waals surface area contributed by atoms with Crippen molar-refractivity contribution in [3.63, 3.8) is 0 Å². The first kappa shape index (κ1) is 14.3. The summed E-state index contributed by atoms with van der Waals surface area (Å²) in [5.41, 5.74) is 0.962. The summed E-state index contributed by atoms with van der Waals surface area (Å²) in [7, 11) is 0. The maximum atomic E-state index is 4.38. The van der Waals surface area contributed by atoms with Gasteiger partial charge in [-0.15, -0.1) is 0 Å². The third kappa shape index (κ3) is 3.91. The maximum Gasteiger partial charge on any atom is 0.136 e. The zero-order valence-electron chi connectivity index (χ0n) is 10.7. The highest BCUT2D eigenvalue weighted by atomic mass is 79.9. The SMILES string of the molecule is CCNc1cc(Nc2ccc(Br)cc2Br)nc(C)n1. The van der Waals surface area contributed by atoms with Crippen LogP contribution in [0.1, 0.15) is 12.7 Å². The van der Waals surface area contributed by atoms with Crippen LogP contribution in [-0.4, -0.2) is 16.5 Å². The summed E-state index contributed by atoms with van der Waals surface area (Å²) >= 11 is 6.95. The first-order chi connectivity index (χ1) is 9.08. The van der Waals surface area contributed by atoms with E-state index in [1.54, 1.807) is 0 Å². The molecule has 0 radical (unpaired) electrons. The van der Waals surface area contributed by atoms with E-state index in [9.17, 15) is 0 Å². The molecule has 1 aromatic heterocycles.